The highest BCUT2D eigenvalue weighted by molar-refractivity contribution is 7.99. The van der Waals surface area contributed by atoms with E-state index in [0.29, 0.717) is 22.6 Å². The highest BCUT2D eigenvalue weighted by atomic mass is 32.2. The summed E-state index contributed by atoms with van der Waals surface area (Å²) in [6.45, 7) is 6.69. The average molecular weight is 376 g/mol. The molecule has 0 bridgehead atoms. The van der Waals surface area contributed by atoms with Crippen molar-refractivity contribution in [3.8, 4) is 0 Å². The smallest absolute Gasteiger partial charge is 0.262 e. The van der Waals surface area contributed by atoms with Crippen LogP contribution >= 0.6 is 11.8 Å². The summed E-state index contributed by atoms with van der Waals surface area (Å²) >= 11 is 1.32. The van der Waals surface area contributed by atoms with Gasteiger partial charge in [0, 0.05) is 12.6 Å². The number of benzene rings is 1. The molecule has 0 aliphatic rings. The third-order valence-corrected chi connectivity index (χ3v) is 5.35. The topological polar surface area (TPSA) is 64.0 Å². The molecule has 1 aromatic heterocycles. The Morgan fingerprint density at radius 2 is 2.00 bits per heavy atom. The summed E-state index contributed by atoms with van der Waals surface area (Å²) < 4.78 is 1.63. The minimum absolute atomic E-state index is 0.0111. The Bertz CT molecular complexity index is 788. The SMILES string of the molecule is CCCCCC[C@@H](C)NC(=O)CSc1nc2ccccc2c(=O)n1CC. The fourth-order valence-electron chi connectivity index (χ4n) is 2.93. The number of thioether (sulfide) groups is 1. The van der Waals surface area contributed by atoms with Crippen LogP contribution in [0.1, 0.15) is 52.9 Å². The van der Waals surface area contributed by atoms with Gasteiger partial charge in [0.05, 0.1) is 16.7 Å². The molecule has 1 atom stereocenters. The average Bonchev–Trinajstić information content (AvgIpc) is 2.64. The third kappa shape index (κ3) is 5.59. The Labute approximate surface area is 159 Å². The van der Waals surface area contributed by atoms with Crippen LogP contribution in [0.2, 0.25) is 0 Å². The second kappa shape index (κ2) is 10.4. The zero-order chi connectivity index (χ0) is 18.9. The lowest BCUT2D eigenvalue weighted by atomic mass is 10.1. The second-order valence-corrected chi connectivity index (χ2v) is 7.51. The van der Waals surface area contributed by atoms with Crippen molar-refractivity contribution in [2.75, 3.05) is 5.75 Å². The molecule has 142 valence electrons. The molecule has 0 saturated heterocycles. The van der Waals surface area contributed by atoms with Crippen LogP contribution in [0.5, 0.6) is 0 Å². The molecule has 0 spiro atoms. The van der Waals surface area contributed by atoms with Gasteiger partial charge in [0.15, 0.2) is 5.16 Å². The largest absolute Gasteiger partial charge is 0.353 e. The van der Waals surface area contributed by atoms with Crippen LogP contribution in [0.25, 0.3) is 10.9 Å². The molecule has 1 N–H and O–H groups in total. The summed E-state index contributed by atoms with van der Waals surface area (Å²) in [6, 6.07) is 7.51. The summed E-state index contributed by atoms with van der Waals surface area (Å²) in [5.41, 5.74) is 0.625. The van der Waals surface area contributed by atoms with E-state index in [9.17, 15) is 9.59 Å². The molecular weight excluding hydrogens is 346 g/mol. The highest BCUT2D eigenvalue weighted by Gasteiger charge is 2.13. The van der Waals surface area contributed by atoms with Crippen molar-refractivity contribution in [3.05, 3.63) is 34.6 Å². The zero-order valence-corrected chi connectivity index (χ0v) is 16.8. The van der Waals surface area contributed by atoms with E-state index in [1.54, 1.807) is 10.6 Å². The molecule has 0 radical (unpaired) electrons. The fraction of sp³-hybridized carbons (Fsp3) is 0.550. The van der Waals surface area contributed by atoms with Crippen LogP contribution in [0.15, 0.2) is 34.2 Å². The molecule has 5 nitrogen and oxygen atoms in total. The number of para-hydroxylation sites is 1. The van der Waals surface area contributed by atoms with Gasteiger partial charge in [0.2, 0.25) is 5.91 Å². The Hall–Kier alpha value is -1.82. The quantitative estimate of drug-likeness (QED) is 0.387. The lowest BCUT2D eigenvalue weighted by molar-refractivity contribution is -0.119. The molecule has 26 heavy (non-hydrogen) atoms. The van der Waals surface area contributed by atoms with E-state index in [-0.39, 0.29) is 23.3 Å². The number of hydrogen-bond donors (Lipinski definition) is 1. The fourth-order valence-corrected chi connectivity index (χ4v) is 3.81. The standard InChI is InChI=1S/C20H29N3O2S/c1-4-6-7-8-11-15(3)21-18(24)14-26-20-22-17-13-10-9-12-16(17)19(25)23(20)5-2/h9-10,12-13,15H,4-8,11,14H2,1-3H3,(H,21,24)/t15-/m1/s1. The van der Waals surface area contributed by atoms with Crippen molar-refractivity contribution in [3.63, 3.8) is 0 Å². The molecule has 0 saturated carbocycles. The highest BCUT2D eigenvalue weighted by Crippen LogP contribution is 2.17. The van der Waals surface area contributed by atoms with Crippen molar-refractivity contribution in [1.82, 2.24) is 14.9 Å². The maximum absolute atomic E-state index is 12.6. The summed E-state index contributed by atoms with van der Waals surface area (Å²) in [4.78, 5) is 29.4. The normalized spacial score (nSPS) is 12.3. The number of unbranched alkanes of at least 4 members (excludes halogenated alkanes) is 3. The second-order valence-electron chi connectivity index (χ2n) is 6.57. The van der Waals surface area contributed by atoms with Gasteiger partial charge >= 0.3 is 0 Å². The van der Waals surface area contributed by atoms with Crippen molar-refractivity contribution in [2.45, 2.75) is 70.6 Å². The summed E-state index contributed by atoms with van der Waals surface area (Å²) in [6.07, 6.45) is 5.83. The number of hydrogen-bond acceptors (Lipinski definition) is 4. The van der Waals surface area contributed by atoms with Crippen LogP contribution in [-0.4, -0.2) is 27.3 Å². The van der Waals surface area contributed by atoms with E-state index in [1.165, 1.54) is 31.0 Å². The van der Waals surface area contributed by atoms with Crippen molar-refractivity contribution in [1.29, 1.82) is 0 Å². The number of carbonyl (C=O) groups is 1. The number of nitrogens with zero attached hydrogens (tertiary/aromatic N) is 2. The molecule has 1 aromatic carbocycles. The zero-order valence-electron chi connectivity index (χ0n) is 16.0. The molecular formula is C20H29N3O2S. The molecule has 1 heterocycles. The molecule has 2 aromatic rings. The number of aromatic nitrogens is 2. The van der Waals surface area contributed by atoms with E-state index in [0.717, 1.165) is 12.8 Å². The molecule has 0 aliphatic heterocycles. The van der Waals surface area contributed by atoms with E-state index < -0.39 is 0 Å². The number of rotatable bonds is 10. The van der Waals surface area contributed by atoms with Crippen LogP contribution < -0.4 is 10.9 Å². The van der Waals surface area contributed by atoms with Crippen LogP contribution in [0.4, 0.5) is 0 Å². The molecule has 0 aliphatic carbocycles. The van der Waals surface area contributed by atoms with Gasteiger partial charge in [0.1, 0.15) is 0 Å². The van der Waals surface area contributed by atoms with Gasteiger partial charge in [-0.05, 0) is 32.4 Å². The summed E-state index contributed by atoms with van der Waals surface area (Å²) in [5, 5.41) is 4.26. The van der Waals surface area contributed by atoms with Crippen molar-refractivity contribution >= 4 is 28.6 Å². The Morgan fingerprint density at radius 3 is 2.73 bits per heavy atom. The number of amides is 1. The van der Waals surface area contributed by atoms with Gasteiger partial charge in [-0.15, -0.1) is 0 Å². The van der Waals surface area contributed by atoms with Gasteiger partial charge < -0.3 is 5.32 Å². The van der Waals surface area contributed by atoms with Crippen LogP contribution in [-0.2, 0) is 11.3 Å². The summed E-state index contributed by atoms with van der Waals surface area (Å²) in [5.74, 6) is 0.257. The molecule has 0 unspecified atom stereocenters. The van der Waals surface area contributed by atoms with E-state index in [1.807, 2.05) is 32.0 Å². The predicted molar refractivity (Wildman–Crippen MR) is 109 cm³/mol. The lowest BCUT2D eigenvalue weighted by Gasteiger charge is -2.14. The molecule has 2 rings (SSSR count). The Kier molecular flexibility index (Phi) is 8.16. The van der Waals surface area contributed by atoms with Crippen molar-refractivity contribution in [2.24, 2.45) is 0 Å². The minimum atomic E-state index is -0.0506. The first-order valence-electron chi connectivity index (χ1n) is 9.48. The number of carbonyl (C=O) groups excluding carboxylic acids is 1. The van der Waals surface area contributed by atoms with Gasteiger partial charge in [-0.3, -0.25) is 14.2 Å². The van der Waals surface area contributed by atoms with Gasteiger partial charge in [-0.2, -0.15) is 0 Å². The van der Waals surface area contributed by atoms with E-state index in [4.69, 9.17) is 0 Å². The Morgan fingerprint density at radius 1 is 1.23 bits per heavy atom. The molecule has 0 fully saturated rings. The Balaban J connectivity index is 1.96. The first-order valence-corrected chi connectivity index (χ1v) is 10.5. The van der Waals surface area contributed by atoms with E-state index >= 15 is 0 Å². The number of nitrogens with one attached hydrogen (secondary N) is 1. The van der Waals surface area contributed by atoms with Gasteiger partial charge in [-0.25, -0.2) is 4.98 Å². The van der Waals surface area contributed by atoms with Crippen LogP contribution in [0, 0.1) is 0 Å². The maximum Gasteiger partial charge on any atom is 0.262 e. The first kappa shape index (κ1) is 20.5. The lowest BCUT2D eigenvalue weighted by Crippen LogP contribution is -2.34. The maximum atomic E-state index is 12.6. The van der Waals surface area contributed by atoms with Crippen LogP contribution in [0.3, 0.4) is 0 Å². The molecule has 6 heteroatoms. The number of fused-ring (bicyclic) bond motifs is 1. The monoisotopic (exact) mass is 375 g/mol. The third-order valence-electron chi connectivity index (χ3n) is 4.37. The first-order chi connectivity index (χ1) is 12.6. The summed E-state index contributed by atoms with van der Waals surface area (Å²) in [7, 11) is 0. The minimum Gasteiger partial charge on any atom is -0.353 e. The van der Waals surface area contributed by atoms with E-state index in [2.05, 4.69) is 17.2 Å². The molecule has 1 amide bonds. The predicted octanol–water partition coefficient (Wildman–Crippen LogP) is 3.98. The van der Waals surface area contributed by atoms with Crippen molar-refractivity contribution < 1.29 is 4.79 Å². The van der Waals surface area contributed by atoms with Gasteiger partial charge in [-0.1, -0.05) is 56.5 Å². The van der Waals surface area contributed by atoms with Gasteiger partial charge in [0.25, 0.3) is 5.56 Å².